The van der Waals surface area contributed by atoms with Gasteiger partial charge in [-0.3, -0.25) is 0 Å². The summed E-state index contributed by atoms with van der Waals surface area (Å²) in [5, 5.41) is 20.9. The Balaban J connectivity index is 0.000000978. The van der Waals surface area contributed by atoms with Gasteiger partial charge in [-0.2, -0.15) is 18.2 Å². The van der Waals surface area contributed by atoms with E-state index in [0.717, 1.165) is 25.0 Å². The number of aromatic nitrogens is 1. The fraction of sp³-hybridized carbons (Fsp3) is 0.471. The average Bonchev–Trinajstić information content (AvgIpc) is 3.13. The molecule has 1 fully saturated rings. The van der Waals surface area contributed by atoms with Gasteiger partial charge in [-0.15, -0.1) is 11.3 Å². The number of nitrogens with one attached hydrogen (secondary N) is 1. The van der Waals surface area contributed by atoms with Crippen LogP contribution in [0.5, 0.6) is 0 Å². The third-order valence-corrected chi connectivity index (χ3v) is 4.73. The zero-order chi connectivity index (χ0) is 24.3. The number of carboxylic acid groups (broad SMARTS) is 2. The second kappa shape index (κ2) is 13.9. The van der Waals surface area contributed by atoms with Crippen molar-refractivity contribution in [2.24, 2.45) is 27.2 Å². The highest BCUT2D eigenvalue weighted by Crippen LogP contribution is 2.35. The molecule has 16 heteroatoms. The van der Waals surface area contributed by atoms with Gasteiger partial charge in [0.15, 0.2) is 11.9 Å². The normalized spacial score (nSPS) is 18.5. The highest BCUT2D eigenvalue weighted by Gasteiger charge is 2.28. The first kappa shape index (κ1) is 29.6. The summed E-state index contributed by atoms with van der Waals surface area (Å²) in [6, 6.07) is -0.0334. The van der Waals surface area contributed by atoms with Crippen LogP contribution in [0.4, 0.5) is 18.3 Å². The summed E-state index contributed by atoms with van der Waals surface area (Å²) >= 11 is 1.35. The van der Waals surface area contributed by atoms with E-state index in [0.29, 0.717) is 23.7 Å². The van der Waals surface area contributed by atoms with Gasteiger partial charge in [-0.1, -0.05) is 6.42 Å². The fourth-order valence-corrected chi connectivity index (χ4v) is 3.57. The molecule has 0 bridgehead atoms. The van der Waals surface area contributed by atoms with Crippen molar-refractivity contribution in [3.63, 3.8) is 0 Å². The smallest absolute Gasteiger partial charge is 0.408 e. The number of carbonyl (C=O) groups is 2. The number of guanidine groups is 2. The van der Waals surface area contributed by atoms with Gasteiger partial charge in [0.25, 0.3) is 0 Å². The Bertz CT molecular complexity index is 853. The predicted octanol–water partition coefficient (Wildman–Crippen LogP) is 0.428. The van der Waals surface area contributed by atoms with Crippen molar-refractivity contribution >= 4 is 40.3 Å². The number of nitrogens with two attached hydrogens (primary N) is 3. The molecule has 0 radical (unpaired) electrons. The minimum Gasteiger partial charge on any atom is -0.478 e. The van der Waals surface area contributed by atoms with E-state index in [9.17, 15) is 22.8 Å². The molecule has 2 atom stereocenters. The second-order valence-corrected chi connectivity index (χ2v) is 7.46. The van der Waals surface area contributed by atoms with Gasteiger partial charge in [0, 0.05) is 29.5 Å². The molecule has 0 aliphatic heterocycles. The van der Waals surface area contributed by atoms with E-state index in [1.807, 2.05) is 5.38 Å². The largest absolute Gasteiger partial charge is 0.478 e. The molecule has 186 valence electrons. The maximum absolute atomic E-state index is 12.1. The summed E-state index contributed by atoms with van der Waals surface area (Å²) in [4.78, 5) is 30.7. The van der Waals surface area contributed by atoms with Gasteiger partial charge in [0.1, 0.15) is 6.54 Å². The summed E-state index contributed by atoms with van der Waals surface area (Å²) in [6.07, 6.45) is 0.165. The van der Waals surface area contributed by atoms with Gasteiger partial charge >= 0.3 is 18.1 Å². The zero-order valence-corrected chi connectivity index (χ0v) is 18.1. The third-order valence-electron chi connectivity index (χ3n) is 3.98. The van der Waals surface area contributed by atoms with Gasteiger partial charge < -0.3 is 38.2 Å². The predicted molar refractivity (Wildman–Crippen MR) is 116 cm³/mol. The highest BCUT2D eigenvalue weighted by atomic mass is 32.1. The van der Waals surface area contributed by atoms with Crippen LogP contribution < -0.4 is 22.5 Å². The molecule has 2 unspecified atom stereocenters. The lowest BCUT2D eigenvalue weighted by Crippen LogP contribution is -2.42. The van der Waals surface area contributed by atoms with Crippen molar-refractivity contribution in [2.45, 2.75) is 43.8 Å². The van der Waals surface area contributed by atoms with Crippen molar-refractivity contribution in [1.29, 1.82) is 0 Å². The van der Waals surface area contributed by atoms with Crippen LogP contribution >= 0.6 is 11.3 Å². The number of hydrogen-bond acceptors (Lipinski definition) is 6. The maximum atomic E-state index is 12.1. The standard InChI is InChI=1S/C13H20F3N7S.C4H4O4.H2O/c14-13(15,16)6-20-11(19)21-8-3-1-2-7(4-8)9-5-24-12(22-9)23-10(17)18;5-3(6)1-2-4(7)8;/h5,7-8H,1-4,6H2,(H3,19,20,21)(H4,17,18,22,23);1-2H,(H,5,6)(H,7,8);1H2/b;2-1-;. The van der Waals surface area contributed by atoms with E-state index < -0.39 is 24.7 Å². The van der Waals surface area contributed by atoms with E-state index in [4.69, 9.17) is 27.4 Å². The molecule has 12 nitrogen and oxygen atoms in total. The number of alkyl halides is 3. The second-order valence-electron chi connectivity index (χ2n) is 6.62. The fourth-order valence-electron chi connectivity index (χ4n) is 2.79. The lowest BCUT2D eigenvalue weighted by molar-refractivity contribution is -0.134. The molecule has 0 aromatic carbocycles. The van der Waals surface area contributed by atoms with Crippen molar-refractivity contribution in [2.75, 3.05) is 6.54 Å². The lowest BCUT2D eigenvalue weighted by atomic mass is 9.84. The number of aliphatic imine (C=N–C) groups is 2. The zero-order valence-electron chi connectivity index (χ0n) is 17.2. The van der Waals surface area contributed by atoms with E-state index in [1.54, 1.807) is 0 Å². The van der Waals surface area contributed by atoms with Crippen molar-refractivity contribution < 1.29 is 38.4 Å². The Morgan fingerprint density at radius 1 is 1.21 bits per heavy atom. The van der Waals surface area contributed by atoms with E-state index in [1.165, 1.54) is 11.3 Å². The third kappa shape index (κ3) is 13.6. The topological polar surface area (TPSA) is 234 Å². The average molecular weight is 498 g/mol. The first-order valence-electron chi connectivity index (χ1n) is 9.18. The summed E-state index contributed by atoms with van der Waals surface area (Å²) in [5.74, 6) is -2.56. The van der Waals surface area contributed by atoms with Crippen molar-refractivity contribution in [3.8, 4) is 0 Å². The Hall–Kier alpha value is -3.40. The maximum Gasteiger partial charge on any atom is 0.408 e. The Morgan fingerprint density at radius 3 is 2.33 bits per heavy atom. The first-order chi connectivity index (χ1) is 14.9. The molecule has 33 heavy (non-hydrogen) atoms. The summed E-state index contributed by atoms with van der Waals surface area (Å²) in [7, 11) is 0. The molecule has 1 aromatic heterocycles. The number of carboxylic acids is 2. The molecule has 1 aromatic rings. The quantitative estimate of drug-likeness (QED) is 0.181. The number of hydrogen-bond donors (Lipinski definition) is 6. The number of rotatable bonds is 6. The SMILES string of the molecule is NC(N)=Nc1nc(C2CCCC(NC(N)=NCC(F)(F)F)C2)cs1.O.O=C(O)/C=C\C(=O)O. The molecule has 0 spiro atoms. The van der Waals surface area contributed by atoms with Gasteiger partial charge in [0.05, 0.1) is 5.69 Å². The number of thiazole rings is 1. The number of halogens is 3. The van der Waals surface area contributed by atoms with Crippen LogP contribution in [0.1, 0.15) is 37.3 Å². The summed E-state index contributed by atoms with van der Waals surface area (Å²) in [6.45, 7) is -1.28. The summed E-state index contributed by atoms with van der Waals surface area (Å²) in [5.41, 5.74) is 17.1. The summed E-state index contributed by atoms with van der Waals surface area (Å²) < 4.78 is 36.4. The molecule has 1 saturated carbocycles. The number of nitrogens with zero attached hydrogens (tertiary/aromatic N) is 3. The van der Waals surface area contributed by atoms with Crippen LogP contribution in [0.15, 0.2) is 27.5 Å². The van der Waals surface area contributed by atoms with Crippen LogP contribution in [0.3, 0.4) is 0 Å². The number of aliphatic carboxylic acids is 2. The first-order valence-corrected chi connectivity index (χ1v) is 10.1. The molecule has 1 heterocycles. The molecule has 11 N–H and O–H groups in total. The monoisotopic (exact) mass is 497 g/mol. The van der Waals surface area contributed by atoms with Crippen LogP contribution in [0, 0.1) is 0 Å². The molecule has 2 rings (SSSR count). The van der Waals surface area contributed by atoms with Crippen LogP contribution in [0.25, 0.3) is 0 Å². The van der Waals surface area contributed by atoms with E-state index in [2.05, 4.69) is 20.3 Å². The minimum atomic E-state index is -4.36. The molecule has 1 aliphatic rings. The molecular weight excluding hydrogens is 471 g/mol. The van der Waals surface area contributed by atoms with Crippen LogP contribution in [-0.2, 0) is 9.59 Å². The molecule has 0 saturated heterocycles. The molecular formula is C17H26F3N7O5S. The highest BCUT2D eigenvalue weighted by molar-refractivity contribution is 7.13. The lowest BCUT2D eigenvalue weighted by Gasteiger charge is -2.29. The Morgan fingerprint density at radius 2 is 1.82 bits per heavy atom. The van der Waals surface area contributed by atoms with E-state index in [-0.39, 0.29) is 29.4 Å². The van der Waals surface area contributed by atoms with Crippen molar-refractivity contribution in [3.05, 3.63) is 23.2 Å². The van der Waals surface area contributed by atoms with Crippen LogP contribution in [-0.4, -0.2) is 63.3 Å². The van der Waals surface area contributed by atoms with Crippen molar-refractivity contribution in [1.82, 2.24) is 10.3 Å². The van der Waals surface area contributed by atoms with Crippen LogP contribution in [0.2, 0.25) is 0 Å². The Kier molecular flexibility index (Phi) is 12.5. The Labute approximate surface area is 190 Å². The minimum absolute atomic E-state index is 0. The van der Waals surface area contributed by atoms with E-state index >= 15 is 0 Å². The van der Waals surface area contributed by atoms with Gasteiger partial charge in [-0.25, -0.2) is 19.6 Å². The molecule has 1 aliphatic carbocycles. The van der Waals surface area contributed by atoms with Gasteiger partial charge in [-0.05, 0) is 19.3 Å². The van der Waals surface area contributed by atoms with Gasteiger partial charge in [0.2, 0.25) is 5.13 Å². The molecule has 0 amide bonds.